The molecule has 0 heterocycles. The van der Waals surface area contributed by atoms with Gasteiger partial charge in [0.2, 0.25) is 6.29 Å². The summed E-state index contributed by atoms with van der Waals surface area (Å²) in [5.41, 5.74) is 0. The molecule has 0 bridgehead atoms. The molecule has 0 N–H and O–H groups in total. The molecule has 0 aromatic carbocycles. The van der Waals surface area contributed by atoms with Gasteiger partial charge < -0.3 is 11.1 Å². The molecule has 0 aliphatic rings. The van der Waals surface area contributed by atoms with E-state index >= 15 is 0 Å². The van der Waals surface area contributed by atoms with Gasteiger partial charge in [-0.25, -0.2) is 4.79 Å². The summed E-state index contributed by atoms with van der Waals surface area (Å²) in [6, 6.07) is 0. The summed E-state index contributed by atoms with van der Waals surface area (Å²) in [7, 11) is 3.20. The van der Waals surface area contributed by atoms with Crippen LogP contribution in [-0.2, 0) is 14.3 Å². The first-order valence-electron chi connectivity index (χ1n) is 3.29. The summed E-state index contributed by atoms with van der Waals surface area (Å²) in [5, 5.41) is 0. The number of carbonyl (C=O) groups excluding carboxylic acids is 2. The van der Waals surface area contributed by atoms with Crippen molar-refractivity contribution in [3.05, 3.63) is 12.3 Å². The van der Waals surface area contributed by atoms with E-state index in [9.17, 15) is 18.4 Å². The van der Waals surface area contributed by atoms with Crippen molar-refractivity contribution in [3.8, 4) is 0 Å². The zero-order valence-electron chi connectivity index (χ0n) is 9.16. The van der Waals surface area contributed by atoms with Gasteiger partial charge in [0.15, 0.2) is 0 Å². The second kappa shape index (κ2) is 6.92. The van der Waals surface area contributed by atoms with Crippen molar-refractivity contribution in [1.29, 1.82) is 0 Å². The van der Waals surface area contributed by atoms with Gasteiger partial charge in [0, 0.05) is 26.4 Å². The maximum atomic E-state index is 12.1. The number of rotatable bonds is 4. The molecule has 0 spiro atoms. The van der Waals surface area contributed by atoms with Crippen molar-refractivity contribution in [3.63, 3.8) is 0 Å². The van der Waals surface area contributed by atoms with Crippen LogP contribution in [-0.4, -0.2) is 37.4 Å². The first-order chi connectivity index (χ1) is 5.87. The average molecular weight is 217 g/mol. The first-order valence-corrected chi connectivity index (χ1v) is 3.29. The molecule has 0 saturated carbocycles. The van der Waals surface area contributed by atoms with Crippen molar-refractivity contribution < 1.29 is 54.1 Å². The molecule has 0 radical (unpaired) electrons. The predicted molar refractivity (Wildman–Crippen MR) is 41.0 cm³/mol. The average Bonchev–Trinajstić information content (AvgIpc) is 2.00. The Morgan fingerprint density at radius 1 is 1.50 bits per heavy atom. The summed E-state index contributed by atoms with van der Waals surface area (Å²) in [5.74, 6) is -1.27. The first kappa shape index (κ1) is 16.0. The molecule has 14 heavy (non-hydrogen) atoms. The minimum Gasteiger partial charge on any atom is -1.00 e. The third kappa shape index (κ3) is 8.15. The molecule has 0 fully saturated rings. The minimum atomic E-state index is -4.05. The van der Waals surface area contributed by atoms with Gasteiger partial charge >= 0.3 is 41.6 Å². The van der Waals surface area contributed by atoms with Crippen LogP contribution in [0.25, 0.3) is 0 Å². The van der Waals surface area contributed by atoms with Gasteiger partial charge in [-0.15, -0.1) is 0 Å². The predicted octanol–water partition coefficient (Wildman–Crippen LogP) is -2.49. The van der Waals surface area contributed by atoms with Crippen LogP contribution in [0.1, 0.15) is 1.43 Å². The fourth-order valence-electron chi connectivity index (χ4n) is 0.402. The Balaban J connectivity index is -0.000000720. The van der Waals surface area contributed by atoms with Crippen LogP contribution >= 0.6 is 0 Å². The van der Waals surface area contributed by atoms with Gasteiger partial charge in [-0.1, -0.05) is 0 Å². The number of carbonyl (C=O) groups is 2. The Morgan fingerprint density at radius 3 is 2.36 bits per heavy atom. The molecule has 0 aromatic rings. The Hall–Kier alpha value is -0.460. The third-order valence-corrected chi connectivity index (χ3v) is 0.883. The van der Waals surface area contributed by atoms with Crippen molar-refractivity contribution in [1.82, 2.24) is 4.90 Å². The quantitative estimate of drug-likeness (QED) is 0.226. The maximum Gasteiger partial charge on any atom is 1.00 e. The van der Waals surface area contributed by atoms with Crippen molar-refractivity contribution in [2.45, 2.75) is 6.11 Å². The number of esters is 1. The molecular formula is C7H10F2NNaO3. The van der Waals surface area contributed by atoms with Gasteiger partial charge in [-0.05, 0) is 0 Å². The van der Waals surface area contributed by atoms with E-state index in [1.165, 1.54) is 11.1 Å². The number of alkyl halides is 2. The number of nitrogens with zero attached hydrogens (tertiary/aromatic N) is 1. The van der Waals surface area contributed by atoms with Crippen LogP contribution in [0.5, 0.6) is 0 Å². The Kier molecular flexibility index (Phi) is 7.90. The topological polar surface area (TPSA) is 46.6 Å². The van der Waals surface area contributed by atoms with Crippen LogP contribution in [0.15, 0.2) is 12.3 Å². The monoisotopic (exact) mass is 217 g/mol. The summed E-state index contributed by atoms with van der Waals surface area (Å²) in [4.78, 5) is 21.6. The maximum absolute atomic E-state index is 12.1. The summed E-state index contributed by atoms with van der Waals surface area (Å²) >= 11 is 0. The van der Waals surface area contributed by atoms with Gasteiger partial charge in [-0.3, -0.25) is 4.79 Å². The zero-order chi connectivity index (χ0) is 10.5. The van der Waals surface area contributed by atoms with Crippen LogP contribution in [0, 0.1) is 0 Å². The fraction of sp³-hybridized carbons (Fsp3) is 0.429. The van der Waals surface area contributed by atoms with E-state index in [2.05, 4.69) is 4.74 Å². The zero-order valence-corrected chi connectivity index (χ0v) is 10.2. The van der Waals surface area contributed by atoms with Crippen LogP contribution in [0.2, 0.25) is 0 Å². The molecule has 4 nitrogen and oxygen atoms in total. The number of ether oxygens (including phenoxy) is 1. The van der Waals surface area contributed by atoms with E-state index < -0.39 is 18.4 Å². The molecule has 0 rings (SSSR count). The molecule has 0 amide bonds. The molecule has 0 aliphatic carbocycles. The van der Waals surface area contributed by atoms with Gasteiger partial charge in [0.1, 0.15) is 0 Å². The molecule has 0 aliphatic heterocycles. The van der Waals surface area contributed by atoms with Crippen LogP contribution in [0.4, 0.5) is 8.78 Å². The molecule has 0 atom stereocenters. The summed E-state index contributed by atoms with van der Waals surface area (Å²) in [6.45, 7) is 0. The Morgan fingerprint density at radius 2 is 2.00 bits per heavy atom. The largest absolute Gasteiger partial charge is 1.00 e. The third-order valence-electron chi connectivity index (χ3n) is 0.883. The molecular weight excluding hydrogens is 207 g/mol. The van der Waals surface area contributed by atoms with Crippen LogP contribution < -0.4 is 29.6 Å². The Labute approximate surface area is 104 Å². The molecule has 0 unspecified atom stereocenters. The molecule has 0 saturated heterocycles. The van der Waals surface area contributed by atoms with Gasteiger partial charge in [0.25, 0.3) is 0 Å². The number of halogens is 2. The smallest absolute Gasteiger partial charge is 1.00 e. The van der Waals surface area contributed by atoms with E-state index in [0.29, 0.717) is 0 Å². The van der Waals surface area contributed by atoms with Gasteiger partial charge in [0.05, 0.1) is 0 Å². The van der Waals surface area contributed by atoms with E-state index in [-0.39, 0.29) is 31.0 Å². The summed E-state index contributed by atoms with van der Waals surface area (Å²) < 4.78 is 27.6. The number of hydrogen-bond donors (Lipinski definition) is 0. The van der Waals surface area contributed by atoms with E-state index in [1.807, 2.05) is 0 Å². The van der Waals surface area contributed by atoms with E-state index in [0.717, 1.165) is 6.08 Å². The van der Waals surface area contributed by atoms with Crippen molar-refractivity contribution in [2.75, 3.05) is 14.1 Å². The SMILES string of the molecule is CN(C)C=CC(=O)OC(F)(F)C=O.[H-].[Na+]. The second-order valence-corrected chi connectivity index (χ2v) is 2.38. The number of hydrogen-bond acceptors (Lipinski definition) is 4. The van der Waals surface area contributed by atoms with Gasteiger partial charge in [-0.2, -0.15) is 8.78 Å². The normalized spacial score (nSPS) is 10.6. The summed E-state index contributed by atoms with van der Waals surface area (Å²) in [6.07, 6.45) is -2.78. The minimum absolute atomic E-state index is 0. The molecule has 76 valence electrons. The second-order valence-electron chi connectivity index (χ2n) is 2.38. The van der Waals surface area contributed by atoms with E-state index in [1.54, 1.807) is 14.1 Å². The van der Waals surface area contributed by atoms with Crippen molar-refractivity contribution >= 4 is 12.3 Å². The standard InChI is InChI=1S/C7H9F2NO3.Na.H/c1-10(2)4-3-6(12)13-7(8,9)5-11;;/h3-5H,1-2H3;;/q;+1;-1. The van der Waals surface area contributed by atoms with Crippen LogP contribution in [0.3, 0.4) is 0 Å². The van der Waals surface area contributed by atoms with Crippen molar-refractivity contribution in [2.24, 2.45) is 0 Å². The molecule has 7 heteroatoms. The van der Waals surface area contributed by atoms with E-state index in [4.69, 9.17) is 0 Å². The number of aldehydes is 1. The molecule has 0 aromatic heterocycles. The fourth-order valence-corrected chi connectivity index (χ4v) is 0.402. The Bertz CT molecular complexity index is 236.